The third kappa shape index (κ3) is 7.85. The quantitative estimate of drug-likeness (QED) is 0.117. The molecule has 3 N–H and O–H groups in total. The summed E-state index contributed by atoms with van der Waals surface area (Å²) in [6, 6.07) is 21.5. The van der Waals surface area contributed by atoms with Crippen LogP contribution in [0.3, 0.4) is 0 Å². The number of furan rings is 1. The number of fused-ring (bicyclic) bond motifs is 1. The Labute approximate surface area is 353 Å². The van der Waals surface area contributed by atoms with Crippen molar-refractivity contribution in [2.24, 2.45) is 5.92 Å². The minimum absolute atomic E-state index is 0.0815. The van der Waals surface area contributed by atoms with E-state index in [0.29, 0.717) is 23.8 Å². The Morgan fingerprint density at radius 2 is 1.55 bits per heavy atom. The molecule has 1 unspecified atom stereocenters. The average molecular weight is 829 g/mol. The number of nitrogens with one attached hydrogen (secondary N) is 3. The molecule has 0 aliphatic carbocycles. The van der Waals surface area contributed by atoms with Gasteiger partial charge >= 0.3 is 6.09 Å². The normalized spacial score (nSPS) is 19.6. The summed E-state index contributed by atoms with van der Waals surface area (Å²) in [5.74, 6) is 2.11. The molecule has 3 amide bonds. The first kappa shape index (κ1) is 39.7. The molecular weight excluding hydrogens is 777 g/mol. The Morgan fingerprint density at radius 1 is 0.850 bits per heavy atom. The lowest BCUT2D eigenvalue weighted by atomic mass is 10.00. The van der Waals surface area contributed by atoms with Gasteiger partial charge in [-0.25, -0.2) is 14.8 Å². The van der Waals surface area contributed by atoms with Crippen molar-refractivity contribution in [2.45, 2.75) is 83.0 Å². The number of carbonyl (C=O) groups excluding carboxylic acids is 3. The molecule has 3 aliphatic heterocycles. The van der Waals surface area contributed by atoms with Gasteiger partial charge in [0.1, 0.15) is 35.0 Å². The number of hydrogen-bond acceptors (Lipinski definition) is 9. The van der Waals surface area contributed by atoms with Crippen molar-refractivity contribution >= 4 is 39.5 Å². The zero-order chi connectivity index (χ0) is 41.3. The summed E-state index contributed by atoms with van der Waals surface area (Å²) in [5.41, 5.74) is 5.57. The van der Waals surface area contributed by atoms with Gasteiger partial charge in [0, 0.05) is 36.3 Å². The summed E-state index contributed by atoms with van der Waals surface area (Å²) in [6.45, 7) is 7.02. The van der Waals surface area contributed by atoms with Crippen LogP contribution in [-0.4, -0.2) is 91.9 Å². The molecule has 2 aromatic carbocycles. The summed E-state index contributed by atoms with van der Waals surface area (Å²) in [4.78, 5) is 63.8. The van der Waals surface area contributed by atoms with Crippen LogP contribution in [0.25, 0.3) is 43.4 Å². The largest absolute Gasteiger partial charge is 0.453 e. The van der Waals surface area contributed by atoms with Gasteiger partial charge in [0.15, 0.2) is 5.76 Å². The number of likely N-dealkylation sites (tertiary alicyclic amines) is 3. The molecule has 3 aliphatic rings. The number of H-pyrrole nitrogens is 2. The van der Waals surface area contributed by atoms with Crippen molar-refractivity contribution in [2.75, 3.05) is 33.3 Å². The number of aromatic amines is 2. The van der Waals surface area contributed by atoms with Crippen molar-refractivity contribution in [3.05, 3.63) is 96.3 Å². The van der Waals surface area contributed by atoms with Gasteiger partial charge in [-0.2, -0.15) is 0 Å². The fourth-order valence-electron chi connectivity index (χ4n) is 9.19. The number of benzene rings is 2. The number of amides is 3. The number of thiophene rings is 1. The van der Waals surface area contributed by atoms with Crippen molar-refractivity contribution in [3.8, 4) is 33.2 Å². The smallest absolute Gasteiger partial charge is 0.407 e. The standard InChI is InChI=1S/C46H52N8O5S/c1-28(2)40(51-46(57)58-3)44(55)53-22-10-14-34(53)43-48-27-33(50-43)36-24-39-37(59-36)25-38(60-39)30-18-16-29(17-19-30)32-26-47-42(49-32)35-15-11-23-54(35)45(56)41(31-12-6-4-7-13-31)52-20-8-5-9-21-52/h4,6-7,12-13,16-19,24-28,34-35,40-41H,5,8-11,14-15,20-23H2,1-3H3,(H,47,49)(H,48,50)(H,51,57)/t34?,35-,40-,41+/m0/s1. The van der Waals surface area contributed by atoms with Crippen LogP contribution >= 0.6 is 11.3 Å². The molecule has 0 radical (unpaired) electrons. The predicted molar refractivity (Wildman–Crippen MR) is 231 cm³/mol. The second-order valence-corrected chi connectivity index (χ2v) is 17.6. The van der Waals surface area contributed by atoms with Crippen LogP contribution in [0, 0.1) is 5.92 Å². The second kappa shape index (κ2) is 17.1. The van der Waals surface area contributed by atoms with Gasteiger partial charge in [0.2, 0.25) is 11.8 Å². The minimum atomic E-state index is -0.692. The Kier molecular flexibility index (Phi) is 11.3. The summed E-state index contributed by atoms with van der Waals surface area (Å²) in [7, 11) is 1.29. The summed E-state index contributed by atoms with van der Waals surface area (Å²) >= 11 is 1.66. The van der Waals surface area contributed by atoms with Crippen LogP contribution in [0.15, 0.2) is 83.5 Å². The summed E-state index contributed by atoms with van der Waals surface area (Å²) < 4.78 is 12.1. The number of piperidine rings is 1. The van der Waals surface area contributed by atoms with Crippen LogP contribution < -0.4 is 5.32 Å². The molecular formula is C46H52N8O5S. The van der Waals surface area contributed by atoms with E-state index in [2.05, 4.69) is 67.5 Å². The van der Waals surface area contributed by atoms with Gasteiger partial charge in [0.05, 0.1) is 35.8 Å². The average Bonchev–Trinajstić information content (AvgIpc) is 4.13. The van der Waals surface area contributed by atoms with Gasteiger partial charge in [-0.15, -0.1) is 11.3 Å². The highest BCUT2D eigenvalue weighted by atomic mass is 32.1. The number of hydrogen-bond donors (Lipinski definition) is 3. The van der Waals surface area contributed by atoms with Gasteiger partial charge in [-0.1, -0.05) is 74.9 Å². The number of nitrogens with zero attached hydrogens (tertiary/aromatic N) is 5. The topological polar surface area (TPSA) is 153 Å². The maximum Gasteiger partial charge on any atom is 0.407 e. The molecule has 7 heterocycles. The maximum atomic E-state index is 14.4. The van der Waals surface area contributed by atoms with Crippen molar-refractivity contribution in [1.82, 2.24) is 40.0 Å². The third-order valence-corrected chi connectivity index (χ3v) is 13.4. The van der Waals surface area contributed by atoms with Gasteiger partial charge in [-0.3, -0.25) is 14.5 Å². The van der Waals surface area contributed by atoms with Gasteiger partial charge in [-0.05, 0) is 74.2 Å². The van der Waals surface area contributed by atoms with Crippen molar-refractivity contribution < 1.29 is 23.5 Å². The van der Waals surface area contributed by atoms with Crippen molar-refractivity contribution in [1.29, 1.82) is 0 Å². The molecule has 0 saturated carbocycles. The van der Waals surface area contributed by atoms with E-state index < -0.39 is 12.1 Å². The SMILES string of the molecule is COC(=O)N[C@H](C(=O)N1CCCC1c1nc(-c2cc3sc(-c4ccc(-c5cnc([C@@H]6CCCN6C(=O)[C@@H](c6ccccc6)N6CCCCC6)[nH]5)cc4)cc3o2)c[nH]1)C(C)C. The van der Waals surface area contributed by atoms with Crippen molar-refractivity contribution in [3.63, 3.8) is 0 Å². The van der Waals surface area contributed by atoms with E-state index in [1.54, 1.807) is 16.2 Å². The first-order valence-corrected chi connectivity index (χ1v) is 22.1. The van der Waals surface area contributed by atoms with E-state index in [1.165, 1.54) is 13.5 Å². The highest BCUT2D eigenvalue weighted by Crippen LogP contribution is 2.40. The van der Waals surface area contributed by atoms with E-state index in [-0.39, 0.29) is 35.9 Å². The zero-order valence-corrected chi connectivity index (χ0v) is 35.2. The van der Waals surface area contributed by atoms with E-state index >= 15 is 0 Å². The van der Waals surface area contributed by atoms with E-state index in [4.69, 9.17) is 19.1 Å². The van der Waals surface area contributed by atoms with Crippen LogP contribution in [0.1, 0.15) is 94.1 Å². The number of imidazole rings is 2. The van der Waals surface area contributed by atoms with Gasteiger partial charge in [0.25, 0.3) is 0 Å². The fraction of sp³-hybridized carbons (Fsp3) is 0.413. The molecule has 60 heavy (non-hydrogen) atoms. The number of alkyl carbamates (subject to hydrolysis) is 1. The molecule has 0 bridgehead atoms. The molecule has 9 rings (SSSR count). The zero-order valence-electron chi connectivity index (χ0n) is 34.4. The molecule has 6 aromatic rings. The first-order valence-electron chi connectivity index (χ1n) is 21.2. The number of carbonyl (C=O) groups is 3. The fourth-order valence-corrected chi connectivity index (χ4v) is 10.2. The Bertz CT molecular complexity index is 2410. The molecule has 4 aromatic heterocycles. The molecule has 4 atom stereocenters. The second-order valence-electron chi connectivity index (χ2n) is 16.5. The van der Waals surface area contributed by atoms with Crippen LogP contribution in [-0.2, 0) is 14.3 Å². The number of ether oxygens (including phenoxy) is 1. The number of aromatic nitrogens is 4. The summed E-state index contributed by atoms with van der Waals surface area (Å²) in [5, 5.41) is 2.70. The molecule has 3 fully saturated rings. The Hall–Kier alpha value is -5.73. The minimum Gasteiger partial charge on any atom is -0.453 e. The lowest BCUT2D eigenvalue weighted by molar-refractivity contribution is -0.139. The Balaban J connectivity index is 0.867. The number of methoxy groups -OCH3 is 1. The summed E-state index contributed by atoms with van der Waals surface area (Å²) in [6.07, 6.45) is 10.0. The van der Waals surface area contributed by atoms with Gasteiger partial charge < -0.3 is 34.2 Å². The first-order chi connectivity index (χ1) is 29.2. The predicted octanol–water partition coefficient (Wildman–Crippen LogP) is 8.88. The molecule has 13 nitrogen and oxygen atoms in total. The molecule has 14 heteroatoms. The lowest BCUT2D eigenvalue weighted by Gasteiger charge is -2.37. The lowest BCUT2D eigenvalue weighted by Crippen LogP contribution is -2.51. The van der Waals surface area contributed by atoms with Crippen LogP contribution in [0.2, 0.25) is 0 Å². The Morgan fingerprint density at radius 3 is 2.25 bits per heavy atom. The highest BCUT2D eigenvalue weighted by molar-refractivity contribution is 7.22. The third-order valence-electron chi connectivity index (χ3n) is 12.3. The van der Waals surface area contributed by atoms with Crippen LogP contribution in [0.4, 0.5) is 4.79 Å². The molecule has 0 spiro atoms. The highest BCUT2D eigenvalue weighted by Gasteiger charge is 2.40. The van der Waals surface area contributed by atoms with E-state index in [0.717, 1.165) is 102 Å². The molecule has 312 valence electrons. The van der Waals surface area contributed by atoms with E-state index in [1.807, 2.05) is 50.5 Å². The van der Waals surface area contributed by atoms with E-state index in [9.17, 15) is 14.4 Å². The molecule has 3 saturated heterocycles. The maximum absolute atomic E-state index is 14.4. The monoisotopic (exact) mass is 828 g/mol. The van der Waals surface area contributed by atoms with Crippen LogP contribution in [0.5, 0.6) is 0 Å². The number of rotatable bonds is 11.